The number of rotatable bonds is 5. The summed E-state index contributed by atoms with van der Waals surface area (Å²) in [4.78, 5) is 11.2. The van der Waals surface area contributed by atoms with Gasteiger partial charge >= 0.3 is 0 Å². The maximum atomic E-state index is 11.2. The summed E-state index contributed by atoms with van der Waals surface area (Å²) in [6.45, 7) is 0.644. The molecule has 0 radical (unpaired) electrons. The van der Waals surface area contributed by atoms with Crippen LogP contribution in [0.5, 0.6) is 0 Å². The van der Waals surface area contributed by atoms with E-state index in [1.54, 1.807) is 7.11 Å². The van der Waals surface area contributed by atoms with Crippen molar-refractivity contribution in [2.45, 2.75) is 24.9 Å². The van der Waals surface area contributed by atoms with Gasteiger partial charge in [0, 0.05) is 13.7 Å². The minimum absolute atomic E-state index is 0.117. The lowest BCUT2D eigenvalue weighted by molar-refractivity contribution is -0.0600. The molecule has 1 amide bonds. The summed E-state index contributed by atoms with van der Waals surface area (Å²) in [5.41, 5.74) is 11.0. The highest BCUT2D eigenvalue weighted by Gasteiger charge is 2.37. The summed E-state index contributed by atoms with van der Waals surface area (Å²) in [6, 6.07) is 0. The number of primary amides is 1. The Bertz CT molecular complexity index is 422. The van der Waals surface area contributed by atoms with Gasteiger partial charge in [-0.05, 0) is 30.8 Å². The van der Waals surface area contributed by atoms with Crippen LogP contribution in [0.25, 0.3) is 0 Å². The second-order valence-corrected chi connectivity index (χ2v) is 5.00. The fourth-order valence-electron chi connectivity index (χ4n) is 1.93. The van der Waals surface area contributed by atoms with Gasteiger partial charge in [-0.25, -0.2) is 0 Å². The summed E-state index contributed by atoms with van der Waals surface area (Å²) < 4.78 is 9.40. The second-order valence-electron chi connectivity index (χ2n) is 4.23. The summed E-state index contributed by atoms with van der Waals surface area (Å²) in [6.07, 6.45) is 3.22. The van der Waals surface area contributed by atoms with E-state index >= 15 is 0 Å². The third-order valence-electron chi connectivity index (χ3n) is 3.23. The molecule has 0 bridgehead atoms. The number of nitrogen functional groups attached to an aromatic ring is 1. The molecule has 0 aliphatic heterocycles. The Morgan fingerprint density at radius 2 is 2.35 bits per heavy atom. The monoisotopic (exact) mass is 256 g/mol. The average Bonchev–Trinajstić information content (AvgIpc) is 2.59. The molecule has 0 unspecified atom stereocenters. The molecule has 1 aliphatic carbocycles. The van der Waals surface area contributed by atoms with Gasteiger partial charge in [0.15, 0.2) is 5.82 Å². The van der Waals surface area contributed by atoms with Gasteiger partial charge < -0.3 is 21.5 Å². The minimum atomic E-state index is -0.557. The quantitative estimate of drug-likeness (QED) is 0.723. The Labute approximate surface area is 103 Å². The number of hydrogen-bond donors (Lipinski definition) is 3. The Morgan fingerprint density at radius 3 is 2.82 bits per heavy atom. The van der Waals surface area contributed by atoms with E-state index in [2.05, 4.69) is 9.69 Å². The molecule has 1 saturated carbocycles. The van der Waals surface area contributed by atoms with E-state index in [1.807, 2.05) is 0 Å². The summed E-state index contributed by atoms with van der Waals surface area (Å²) >= 11 is 1.15. The van der Waals surface area contributed by atoms with Gasteiger partial charge in [-0.3, -0.25) is 4.79 Å². The van der Waals surface area contributed by atoms with Gasteiger partial charge in [0.2, 0.25) is 0 Å². The van der Waals surface area contributed by atoms with Crippen molar-refractivity contribution in [2.75, 3.05) is 24.7 Å². The van der Waals surface area contributed by atoms with Crippen molar-refractivity contribution in [3.05, 3.63) is 5.56 Å². The van der Waals surface area contributed by atoms with Gasteiger partial charge in [0.25, 0.3) is 5.91 Å². The molecule has 1 aromatic rings. The van der Waals surface area contributed by atoms with Gasteiger partial charge in [0.05, 0.1) is 5.60 Å². The number of aromatic nitrogens is 1. The van der Waals surface area contributed by atoms with Crippen LogP contribution in [0.3, 0.4) is 0 Å². The van der Waals surface area contributed by atoms with Crippen molar-refractivity contribution in [2.24, 2.45) is 5.73 Å². The zero-order chi connectivity index (χ0) is 12.5. The lowest BCUT2D eigenvalue weighted by Crippen LogP contribution is -2.45. The molecule has 0 saturated heterocycles. The number of methoxy groups -OCH3 is 1. The van der Waals surface area contributed by atoms with Crippen LogP contribution in [0.15, 0.2) is 0 Å². The SMILES string of the molecule is COC1(CNc2snc(N)c2C(N)=O)CCC1. The Morgan fingerprint density at radius 1 is 1.65 bits per heavy atom. The molecule has 2 rings (SSSR count). The fraction of sp³-hybridized carbons (Fsp3) is 0.600. The van der Waals surface area contributed by atoms with Crippen molar-refractivity contribution >= 4 is 28.3 Å². The predicted octanol–water partition coefficient (Wildman–Crippen LogP) is 0.805. The molecule has 1 fully saturated rings. The van der Waals surface area contributed by atoms with Crippen LogP contribution in [-0.4, -0.2) is 29.5 Å². The zero-order valence-electron chi connectivity index (χ0n) is 9.66. The molecule has 5 N–H and O–H groups in total. The Hall–Kier alpha value is -1.34. The van der Waals surface area contributed by atoms with Crippen molar-refractivity contribution < 1.29 is 9.53 Å². The van der Waals surface area contributed by atoms with E-state index < -0.39 is 5.91 Å². The van der Waals surface area contributed by atoms with Crippen LogP contribution >= 0.6 is 11.5 Å². The van der Waals surface area contributed by atoms with Crippen LogP contribution in [0, 0.1) is 0 Å². The predicted molar refractivity (Wildman–Crippen MR) is 67.1 cm³/mol. The van der Waals surface area contributed by atoms with E-state index in [-0.39, 0.29) is 17.0 Å². The molecular weight excluding hydrogens is 240 g/mol. The first-order valence-electron chi connectivity index (χ1n) is 5.42. The summed E-state index contributed by atoms with van der Waals surface area (Å²) in [5.74, 6) is -0.371. The molecular formula is C10H16N4O2S. The number of ether oxygens (including phenoxy) is 1. The van der Waals surface area contributed by atoms with Gasteiger partial charge in [-0.2, -0.15) is 4.37 Å². The standard InChI is InChI=1S/C10H16N4O2S/c1-16-10(3-2-4-10)5-13-9-6(8(12)15)7(11)14-17-9/h13H,2-5H2,1H3,(H2,11,14)(H2,12,15). The van der Waals surface area contributed by atoms with Crippen LogP contribution in [0.2, 0.25) is 0 Å². The van der Waals surface area contributed by atoms with Crippen LogP contribution < -0.4 is 16.8 Å². The molecule has 0 spiro atoms. The minimum Gasteiger partial charge on any atom is -0.382 e. The molecule has 17 heavy (non-hydrogen) atoms. The highest BCUT2D eigenvalue weighted by molar-refractivity contribution is 7.11. The van der Waals surface area contributed by atoms with Crippen molar-refractivity contribution in [1.29, 1.82) is 0 Å². The van der Waals surface area contributed by atoms with E-state index in [4.69, 9.17) is 16.2 Å². The fourth-order valence-corrected chi connectivity index (χ4v) is 2.64. The molecule has 94 valence electrons. The highest BCUT2D eigenvalue weighted by Crippen LogP contribution is 2.36. The Balaban J connectivity index is 2.06. The number of amides is 1. The maximum absolute atomic E-state index is 11.2. The topological polar surface area (TPSA) is 103 Å². The first-order valence-corrected chi connectivity index (χ1v) is 6.19. The van der Waals surface area contributed by atoms with Crippen LogP contribution in [-0.2, 0) is 4.74 Å². The summed E-state index contributed by atoms with van der Waals surface area (Å²) in [5, 5.41) is 3.78. The van der Waals surface area contributed by atoms with Crippen LogP contribution in [0.1, 0.15) is 29.6 Å². The van der Waals surface area contributed by atoms with E-state index in [9.17, 15) is 4.79 Å². The number of anilines is 2. The third kappa shape index (κ3) is 2.20. The zero-order valence-corrected chi connectivity index (χ0v) is 10.5. The van der Waals surface area contributed by atoms with E-state index in [0.717, 1.165) is 24.4 Å². The number of carbonyl (C=O) groups is 1. The molecule has 0 atom stereocenters. The average molecular weight is 256 g/mol. The largest absolute Gasteiger partial charge is 0.382 e. The smallest absolute Gasteiger partial charge is 0.255 e. The molecule has 0 aromatic carbocycles. The van der Waals surface area contributed by atoms with E-state index in [0.29, 0.717) is 11.5 Å². The normalized spacial score (nSPS) is 17.5. The number of nitrogens with zero attached hydrogens (tertiary/aromatic N) is 1. The van der Waals surface area contributed by atoms with Crippen molar-refractivity contribution in [3.8, 4) is 0 Å². The lowest BCUT2D eigenvalue weighted by atomic mass is 9.80. The first kappa shape index (κ1) is 12.1. The molecule has 6 nitrogen and oxygen atoms in total. The molecule has 1 aromatic heterocycles. The van der Waals surface area contributed by atoms with Gasteiger partial charge in [-0.15, -0.1) is 0 Å². The first-order chi connectivity index (χ1) is 8.08. The Kier molecular flexibility index (Phi) is 3.21. The maximum Gasteiger partial charge on any atom is 0.255 e. The highest BCUT2D eigenvalue weighted by atomic mass is 32.1. The number of nitrogens with two attached hydrogens (primary N) is 2. The van der Waals surface area contributed by atoms with Gasteiger partial charge in [0.1, 0.15) is 10.6 Å². The van der Waals surface area contributed by atoms with Gasteiger partial charge in [-0.1, -0.05) is 0 Å². The van der Waals surface area contributed by atoms with E-state index in [1.165, 1.54) is 6.42 Å². The van der Waals surface area contributed by atoms with Crippen molar-refractivity contribution in [1.82, 2.24) is 4.37 Å². The summed E-state index contributed by atoms with van der Waals surface area (Å²) in [7, 11) is 1.71. The van der Waals surface area contributed by atoms with Crippen molar-refractivity contribution in [3.63, 3.8) is 0 Å². The third-order valence-corrected chi connectivity index (χ3v) is 4.05. The second kappa shape index (κ2) is 4.50. The van der Waals surface area contributed by atoms with Crippen LogP contribution in [0.4, 0.5) is 10.8 Å². The molecule has 1 heterocycles. The number of hydrogen-bond acceptors (Lipinski definition) is 6. The number of nitrogens with one attached hydrogen (secondary N) is 1. The number of carbonyl (C=O) groups excluding carboxylic acids is 1. The molecule has 7 heteroatoms. The molecule has 1 aliphatic rings. The lowest BCUT2D eigenvalue weighted by Gasteiger charge is -2.40.